The van der Waals surface area contributed by atoms with Gasteiger partial charge in [-0.05, 0) is 26.3 Å². The van der Waals surface area contributed by atoms with Gasteiger partial charge in [0.2, 0.25) is 0 Å². The number of nitrogens with one attached hydrogen (secondary N) is 1. The van der Waals surface area contributed by atoms with Gasteiger partial charge in [-0.3, -0.25) is 4.90 Å². The van der Waals surface area contributed by atoms with Gasteiger partial charge in [0.1, 0.15) is 5.75 Å². The molecule has 0 spiro atoms. The summed E-state index contributed by atoms with van der Waals surface area (Å²) in [5.41, 5.74) is 2.51. The predicted molar refractivity (Wildman–Crippen MR) is 98.7 cm³/mol. The van der Waals surface area contributed by atoms with Crippen LogP contribution in [0.1, 0.15) is 31.9 Å². The highest BCUT2D eigenvalue weighted by Crippen LogP contribution is 2.33. The van der Waals surface area contributed by atoms with E-state index >= 15 is 0 Å². The molecule has 5 heteroatoms. The molecule has 3 nitrogen and oxygen atoms in total. The molecule has 1 aromatic rings. The monoisotopic (exact) mass is 346 g/mol. The van der Waals surface area contributed by atoms with Crippen LogP contribution in [0.2, 0.25) is 0 Å². The van der Waals surface area contributed by atoms with Crippen LogP contribution in [0.4, 0.5) is 0 Å². The van der Waals surface area contributed by atoms with Crippen molar-refractivity contribution < 1.29 is 4.74 Å². The molecule has 0 amide bonds. The van der Waals surface area contributed by atoms with E-state index in [0.717, 1.165) is 38.3 Å². The molecule has 0 radical (unpaired) electrons. The second-order valence-electron chi connectivity index (χ2n) is 5.43. The van der Waals surface area contributed by atoms with Gasteiger partial charge in [-0.2, -0.15) is 0 Å². The first kappa shape index (κ1) is 21.3. The normalized spacial score (nSPS) is 16.1. The van der Waals surface area contributed by atoms with E-state index in [9.17, 15) is 0 Å². The van der Waals surface area contributed by atoms with E-state index < -0.39 is 0 Å². The van der Waals surface area contributed by atoms with E-state index in [4.69, 9.17) is 4.74 Å². The van der Waals surface area contributed by atoms with Gasteiger partial charge in [0, 0.05) is 37.8 Å². The van der Waals surface area contributed by atoms with Crippen LogP contribution in [-0.2, 0) is 0 Å². The molecule has 1 aliphatic heterocycles. The number of piperazine rings is 1. The van der Waals surface area contributed by atoms with E-state index in [1.807, 2.05) is 13.0 Å². The predicted octanol–water partition coefficient (Wildman–Crippen LogP) is 3.84. The number of para-hydroxylation sites is 1. The average molecular weight is 347 g/mol. The topological polar surface area (TPSA) is 24.5 Å². The molecular weight excluding hydrogens is 319 g/mol. The summed E-state index contributed by atoms with van der Waals surface area (Å²) < 4.78 is 5.82. The van der Waals surface area contributed by atoms with Crippen molar-refractivity contribution in [3.05, 3.63) is 42.0 Å². The summed E-state index contributed by atoms with van der Waals surface area (Å²) in [6.07, 6.45) is 0.990. The van der Waals surface area contributed by atoms with Gasteiger partial charge >= 0.3 is 0 Å². The molecule has 1 saturated heterocycles. The highest BCUT2D eigenvalue weighted by molar-refractivity contribution is 5.85. The Morgan fingerprint density at radius 3 is 2.50 bits per heavy atom. The molecular formula is C17H28Cl2N2O. The number of ether oxygens (including phenoxy) is 1. The van der Waals surface area contributed by atoms with E-state index in [0.29, 0.717) is 12.6 Å². The summed E-state index contributed by atoms with van der Waals surface area (Å²) in [5.74, 6) is 1.01. The molecule has 0 bridgehead atoms. The van der Waals surface area contributed by atoms with Gasteiger partial charge in [0.05, 0.1) is 6.61 Å². The standard InChI is InChI=1S/C17H26N2O.2ClH/c1-4-20-17-8-6-5-7-15(17)16(13-14(2)3)19-11-9-18-10-12-19;;/h5-8,16,18H,2,4,9-13H2,1,3H3;2*1H/t16-;;/m1../s1. The van der Waals surface area contributed by atoms with Crippen molar-refractivity contribution in [3.63, 3.8) is 0 Å². The van der Waals surface area contributed by atoms with Crippen LogP contribution in [0, 0.1) is 0 Å². The van der Waals surface area contributed by atoms with Gasteiger partial charge in [-0.15, -0.1) is 31.4 Å². The van der Waals surface area contributed by atoms with Gasteiger partial charge in [0.25, 0.3) is 0 Å². The first-order chi connectivity index (χ1) is 9.72. The second kappa shape index (κ2) is 10.9. The Kier molecular flexibility index (Phi) is 10.5. The summed E-state index contributed by atoms with van der Waals surface area (Å²) in [7, 11) is 0. The van der Waals surface area contributed by atoms with Gasteiger partial charge in [0.15, 0.2) is 0 Å². The first-order valence-electron chi connectivity index (χ1n) is 7.53. The molecule has 0 aromatic heterocycles. The SMILES string of the molecule is C=C(C)C[C@H](c1ccccc1OCC)N1CCNCC1.Cl.Cl. The molecule has 1 N–H and O–H groups in total. The molecule has 1 fully saturated rings. The van der Waals surface area contributed by atoms with E-state index in [-0.39, 0.29) is 24.8 Å². The molecule has 126 valence electrons. The molecule has 1 aromatic carbocycles. The Bertz CT molecular complexity index is 448. The van der Waals surface area contributed by atoms with Crippen LogP contribution >= 0.6 is 24.8 Å². The fourth-order valence-electron chi connectivity index (χ4n) is 2.80. The Morgan fingerprint density at radius 1 is 1.27 bits per heavy atom. The Labute approximate surface area is 146 Å². The zero-order valence-electron chi connectivity index (χ0n) is 13.5. The molecule has 1 atom stereocenters. The van der Waals surface area contributed by atoms with Crippen molar-refractivity contribution in [2.24, 2.45) is 0 Å². The Hall–Kier alpha value is -0.740. The molecule has 22 heavy (non-hydrogen) atoms. The van der Waals surface area contributed by atoms with Crippen molar-refractivity contribution in [2.45, 2.75) is 26.3 Å². The highest BCUT2D eigenvalue weighted by Gasteiger charge is 2.24. The Balaban J connectivity index is 0.00000220. The summed E-state index contributed by atoms with van der Waals surface area (Å²) in [6.45, 7) is 13.2. The molecule has 1 heterocycles. The van der Waals surface area contributed by atoms with Crippen LogP contribution in [0.3, 0.4) is 0 Å². The molecule has 2 rings (SSSR count). The zero-order chi connectivity index (χ0) is 14.4. The maximum absolute atomic E-state index is 5.82. The molecule has 0 saturated carbocycles. The molecule has 0 aliphatic carbocycles. The fourth-order valence-corrected chi connectivity index (χ4v) is 2.80. The number of halogens is 2. The van der Waals surface area contributed by atoms with Crippen molar-refractivity contribution in [1.29, 1.82) is 0 Å². The van der Waals surface area contributed by atoms with Gasteiger partial charge in [-0.1, -0.05) is 23.8 Å². The van der Waals surface area contributed by atoms with Crippen molar-refractivity contribution in [1.82, 2.24) is 10.2 Å². The number of hydrogen-bond acceptors (Lipinski definition) is 3. The lowest BCUT2D eigenvalue weighted by molar-refractivity contribution is 0.168. The van der Waals surface area contributed by atoms with Crippen molar-refractivity contribution in [3.8, 4) is 5.75 Å². The average Bonchev–Trinajstić information content (AvgIpc) is 2.47. The first-order valence-corrected chi connectivity index (χ1v) is 7.53. The summed E-state index contributed by atoms with van der Waals surface area (Å²) >= 11 is 0. The maximum atomic E-state index is 5.82. The smallest absolute Gasteiger partial charge is 0.124 e. The largest absolute Gasteiger partial charge is 0.494 e. The van der Waals surface area contributed by atoms with E-state index in [1.54, 1.807) is 0 Å². The summed E-state index contributed by atoms with van der Waals surface area (Å²) in [5, 5.41) is 3.42. The lowest BCUT2D eigenvalue weighted by atomic mass is 9.97. The number of nitrogens with zero attached hydrogens (tertiary/aromatic N) is 1. The minimum absolute atomic E-state index is 0. The van der Waals surface area contributed by atoms with Crippen molar-refractivity contribution >= 4 is 24.8 Å². The lowest BCUT2D eigenvalue weighted by Gasteiger charge is -2.36. The van der Waals surface area contributed by atoms with Crippen molar-refractivity contribution in [2.75, 3.05) is 32.8 Å². The maximum Gasteiger partial charge on any atom is 0.124 e. The summed E-state index contributed by atoms with van der Waals surface area (Å²) in [6, 6.07) is 8.79. The van der Waals surface area contributed by atoms with Crippen LogP contribution in [0.5, 0.6) is 5.75 Å². The van der Waals surface area contributed by atoms with Gasteiger partial charge in [-0.25, -0.2) is 0 Å². The fraction of sp³-hybridized carbons (Fsp3) is 0.529. The van der Waals surface area contributed by atoms with Crippen LogP contribution in [0.25, 0.3) is 0 Å². The molecule has 1 aliphatic rings. The van der Waals surface area contributed by atoms with Crippen LogP contribution in [-0.4, -0.2) is 37.7 Å². The number of benzene rings is 1. The van der Waals surface area contributed by atoms with Crippen LogP contribution in [0.15, 0.2) is 36.4 Å². The molecule has 0 unspecified atom stereocenters. The minimum atomic E-state index is 0. The lowest BCUT2D eigenvalue weighted by Crippen LogP contribution is -2.45. The van der Waals surface area contributed by atoms with E-state index in [1.165, 1.54) is 11.1 Å². The van der Waals surface area contributed by atoms with Gasteiger partial charge < -0.3 is 10.1 Å². The third-order valence-corrected chi connectivity index (χ3v) is 3.71. The van der Waals surface area contributed by atoms with Crippen LogP contribution < -0.4 is 10.1 Å². The quantitative estimate of drug-likeness (QED) is 0.792. The minimum Gasteiger partial charge on any atom is -0.494 e. The second-order valence-corrected chi connectivity index (χ2v) is 5.43. The van der Waals surface area contributed by atoms with E-state index in [2.05, 4.69) is 41.9 Å². The number of rotatable bonds is 6. The zero-order valence-corrected chi connectivity index (χ0v) is 15.1. The third kappa shape index (κ3) is 5.81. The third-order valence-electron chi connectivity index (χ3n) is 3.71. The summed E-state index contributed by atoms with van der Waals surface area (Å²) in [4.78, 5) is 2.54. The highest BCUT2D eigenvalue weighted by atomic mass is 35.5. The Morgan fingerprint density at radius 2 is 1.91 bits per heavy atom. The number of hydrogen-bond donors (Lipinski definition) is 1.